The van der Waals surface area contributed by atoms with Crippen LogP contribution < -0.4 is 5.32 Å². The van der Waals surface area contributed by atoms with Crippen molar-refractivity contribution in [2.24, 2.45) is 0 Å². The number of hydrogen-bond acceptors (Lipinski definition) is 3. The van der Waals surface area contributed by atoms with Crippen LogP contribution in [0.5, 0.6) is 0 Å². The first-order valence-electron chi connectivity index (χ1n) is 5.95. The molecule has 98 valence electrons. The van der Waals surface area contributed by atoms with E-state index in [2.05, 4.69) is 5.32 Å². The number of benzene rings is 2. The van der Waals surface area contributed by atoms with Gasteiger partial charge in [0.15, 0.2) is 0 Å². The van der Waals surface area contributed by atoms with Gasteiger partial charge in [0.2, 0.25) is 0 Å². The second-order valence-electron chi connectivity index (χ2n) is 3.97. The summed E-state index contributed by atoms with van der Waals surface area (Å²) in [4.78, 5) is 11.0. The first-order chi connectivity index (χ1) is 9.29. The van der Waals surface area contributed by atoms with Gasteiger partial charge in [-0.15, -0.1) is 0 Å². The number of aliphatic hydroxyl groups excluding tert-OH is 1. The summed E-state index contributed by atoms with van der Waals surface area (Å²) < 4.78 is 4.90. The van der Waals surface area contributed by atoms with Gasteiger partial charge in [-0.2, -0.15) is 0 Å². The second-order valence-corrected chi connectivity index (χ2v) is 3.97. The molecule has 19 heavy (non-hydrogen) atoms. The highest BCUT2D eigenvalue weighted by molar-refractivity contribution is 5.67. The molecule has 0 fully saturated rings. The third-order valence-electron chi connectivity index (χ3n) is 2.65. The van der Waals surface area contributed by atoms with Crippen molar-refractivity contribution in [1.29, 1.82) is 0 Å². The van der Waals surface area contributed by atoms with Gasteiger partial charge in [-0.3, -0.25) is 5.32 Å². The molecule has 0 aromatic heterocycles. The molecule has 2 rings (SSSR count). The van der Waals surface area contributed by atoms with Crippen molar-refractivity contribution in [1.82, 2.24) is 5.32 Å². The summed E-state index contributed by atoms with van der Waals surface area (Å²) in [6.07, 6.45) is -0.630. The van der Waals surface area contributed by atoms with E-state index in [1.165, 1.54) is 0 Å². The van der Waals surface area contributed by atoms with E-state index < -0.39 is 12.8 Å². The van der Waals surface area contributed by atoms with Crippen LogP contribution in [0.25, 0.3) is 11.1 Å². The summed E-state index contributed by atoms with van der Waals surface area (Å²) in [7, 11) is 0. The number of amides is 1. The number of ether oxygens (including phenoxy) is 1. The number of carbonyl (C=O) groups is 1. The van der Waals surface area contributed by atoms with Crippen molar-refractivity contribution in [3.05, 3.63) is 60.2 Å². The van der Waals surface area contributed by atoms with E-state index in [1.54, 1.807) is 0 Å². The van der Waals surface area contributed by atoms with Crippen LogP contribution in [0.1, 0.15) is 5.56 Å². The Bertz CT molecular complexity index is 523. The van der Waals surface area contributed by atoms with Gasteiger partial charge in [0.25, 0.3) is 0 Å². The summed E-state index contributed by atoms with van der Waals surface area (Å²) in [5.41, 5.74) is 3.16. The zero-order valence-corrected chi connectivity index (χ0v) is 10.4. The van der Waals surface area contributed by atoms with Crippen LogP contribution in [0.4, 0.5) is 4.79 Å². The van der Waals surface area contributed by atoms with Crippen LogP contribution in [0, 0.1) is 0 Å². The fourth-order valence-corrected chi connectivity index (χ4v) is 1.69. The van der Waals surface area contributed by atoms with E-state index in [0.29, 0.717) is 0 Å². The predicted molar refractivity (Wildman–Crippen MR) is 72.3 cm³/mol. The zero-order valence-electron chi connectivity index (χ0n) is 10.4. The molecule has 0 unspecified atom stereocenters. The van der Waals surface area contributed by atoms with E-state index in [0.717, 1.165) is 16.7 Å². The number of rotatable bonds is 4. The smallest absolute Gasteiger partial charge is 0.409 e. The lowest BCUT2D eigenvalue weighted by Crippen LogP contribution is -2.24. The maximum atomic E-state index is 11.0. The standard InChI is InChI=1S/C15H15NO3/c17-11-16-15(18)19-10-12-6-8-14(9-7-12)13-4-2-1-3-5-13/h1-9,17H,10-11H2,(H,16,18). The third-order valence-corrected chi connectivity index (χ3v) is 2.65. The quantitative estimate of drug-likeness (QED) is 0.827. The topological polar surface area (TPSA) is 58.6 Å². The van der Waals surface area contributed by atoms with E-state index >= 15 is 0 Å². The lowest BCUT2D eigenvalue weighted by atomic mass is 10.0. The molecule has 0 heterocycles. The van der Waals surface area contributed by atoms with Crippen LogP contribution in [0.2, 0.25) is 0 Å². The maximum absolute atomic E-state index is 11.0. The number of alkyl carbamates (subject to hydrolysis) is 1. The fraction of sp³-hybridized carbons (Fsp3) is 0.133. The highest BCUT2D eigenvalue weighted by Gasteiger charge is 2.01. The zero-order chi connectivity index (χ0) is 13.5. The number of nitrogens with one attached hydrogen (secondary N) is 1. The largest absolute Gasteiger partial charge is 0.445 e. The molecule has 1 amide bonds. The van der Waals surface area contributed by atoms with Crippen molar-refractivity contribution in [2.75, 3.05) is 6.73 Å². The highest BCUT2D eigenvalue weighted by Crippen LogP contribution is 2.19. The summed E-state index contributed by atoms with van der Waals surface area (Å²) in [6, 6.07) is 17.8. The fourth-order valence-electron chi connectivity index (χ4n) is 1.69. The minimum absolute atomic E-state index is 0.181. The molecule has 0 aliphatic heterocycles. The molecular weight excluding hydrogens is 242 g/mol. The Hall–Kier alpha value is -2.33. The summed E-state index contributed by atoms with van der Waals surface area (Å²) in [5.74, 6) is 0. The minimum atomic E-state index is -0.630. The second kappa shape index (κ2) is 6.56. The number of hydrogen-bond donors (Lipinski definition) is 2. The Kier molecular flexibility index (Phi) is 4.53. The molecule has 4 heteroatoms. The molecule has 0 saturated carbocycles. The molecule has 0 bridgehead atoms. The third kappa shape index (κ3) is 3.82. The van der Waals surface area contributed by atoms with Crippen molar-refractivity contribution in [3.8, 4) is 11.1 Å². The van der Waals surface area contributed by atoms with Crippen molar-refractivity contribution in [3.63, 3.8) is 0 Å². The highest BCUT2D eigenvalue weighted by atomic mass is 16.5. The lowest BCUT2D eigenvalue weighted by Gasteiger charge is -2.06. The van der Waals surface area contributed by atoms with Crippen LogP contribution in [-0.2, 0) is 11.3 Å². The first kappa shape index (κ1) is 13.1. The minimum Gasteiger partial charge on any atom is -0.445 e. The molecule has 2 N–H and O–H groups in total. The van der Waals surface area contributed by atoms with Crippen LogP contribution in [-0.4, -0.2) is 17.9 Å². The molecule has 0 saturated heterocycles. The SMILES string of the molecule is O=C(NCO)OCc1ccc(-c2ccccc2)cc1. The Morgan fingerprint density at radius 3 is 2.26 bits per heavy atom. The first-order valence-corrected chi connectivity index (χ1v) is 5.95. The summed E-state index contributed by atoms with van der Waals surface area (Å²) in [6.45, 7) is -0.243. The van der Waals surface area contributed by atoms with Gasteiger partial charge in [0, 0.05) is 0 Å². The number of aliphatic hydroxyl groups is 1. The van der Waals surface area contributed by atoms with Gasteiger partial charge in [0.05, 0.1) is 0 Å². The van der Waals surface area contributed by atoms with E-state index in [9.17, 15) is 4.79 Å². The van der Waals surface area contributed by atoms with Crippen LogP contribution in [0.15, 0.2) is 54.6 Å². The molecule has 0 aliphatic carbocycles. The Morgan fingerprint density at radius 1 is 1.00 bits per heavy atom. The summed E-state index contributed by atoms with van der Waals surface area (Å²) in [5, 5.41) is 10.6. The van der Waals surface area contributed by atoms with Crippen LogP contribution in [0.3, 0.4) is 0 Å². The van der Waals surface area contributed by atoms with Crippen molar-refractivity contribution < 1.29 is 14.6 Å². The molecule has 0 aliphatic rings. The normalized spacial score (nSPS) is 9.95. The lowest BCUT2D eigenvalue weighted by molar-refractivity contribution is 0.127. The predicted octanol–water partition coefficient (Wildman–Crippen LogP) is 2.53. The van der Waals surface area contributed by atoms with Crippen LogP contribution >= 0.6 is 0 Å². The Morgan fingerprint density at radius 2 is 1.63 bits per heavy atom. The van der Waals surface area contributed by atoms with Gasteiger partial charge >= 0.3 is 6.09 Å². The van der Waals surface area contributed by atoms with Crippen molar-refractivity contribution >= 4 is 6.09 Å². The van der Waals surface area contributed by atoms with Gasteiger partial charge < -0.3 is 9.84 Å². The Labute approximate surface area is 111 Å². The molecule has 4 nitrogen and oxygen atoms in total. The average molecular weight is 257 g/mol. The molecule has 2 aromatic carbocycles. The average Bonchev–Trinajstić information content (AvgIpc) is 2.47. The van der Waals surface area contributed by atoms with Crippen molar-refractivity contribution in [2.45, 2.75) is 6.61 Å². The van der Waals surface area contributed by atoms with E-state index in [4.69, 9.17) is 9.84 Å². The number of carbonyl (C=O) groups excluding carboxylic acids is 1. The molecule has 0 spiro atoms. The van der Waals surface area contributed by atoms with Gasteiger partial charge in [-0.25, -0.2) is 4.79 Å². The van der Waals surface area contributed by atoms with E-state index in [1.807, 2.05) is 54.6 Å². The maximum Gasteiger partial charge on any atom is 0.409 e. The molecule has 0 radical (unpaired) electrons. The van der Waals surface area contributed by atoms with E-state index in [-0.39, 0.29) is 6.61 Å². The van der Waals surface area contributed by atoms with Gasteiger partial charge in [-0.05, 0) is 16.7 Å². The molecule has 0 atom stereocenters. The molecular formula is C15H15NO3. The monoisotopic (exact) mass is 257 g/mol. The summed E-state index contributed by atoms with van der Waals surface area (Å²) >= 11 is 0. The van der Waals surface area contributed by atoms with Gasteiger partial charge in [-0.1, -0.05) is 54.6 Å². The Balaban J connectivity index is 1.97. The molecule has 2 aromatic rings. The van der Waals surface area contributed by atoms with Gasteiger partial charge in [0.1, 0.15) is 13.3 Å².